The Hall–Kier alpha value is -2.87. The van der Waals surface area contributed by atoms with Gasteiger partial charge in [0.2, 0.25) is 5.88 Å². The van der Waals surface area contributed by atoms with Crippen molar-refractivity contribution in [2.45, 2.75) is 32.6 Å². The highest BCUT2D eigenvalue weighted by atomic mass is 32.1. The fourth-order valence-corrected chi connectivity index (χ4v) is 3.97. The van der Waals surface area contributed by atoms with Gasteiger partial charge in [0.15, 0.2) is 0 Å². The number of nitrogens with zero attached hydrogens (tertiary/aromatic N) is 5. The van der Waals surface area contributed by atoms with E-state index in [1.807, 2.05) is 55.1 Å². The number of para-hydroxylation sites is 1. The van der Waals surface area contributed by atoms with E-state index in [4.69, 9.17) is 4.74 Å². The van der Waals surface area contributed by atoms with Gasteiger partial charge in [-0.15, -0.1) is 5.10 Å². The molecule has 144 valence electrons. The molecule has 0 bridgehead atoms. The Morgan fingerprint density at radius 1 is 1.21 bits per heavy atom. The standard InChI is InChI=1S/C20H21N5O2S/c1-13-11-17(27-16-8-4-3-5-9-16)22-19(21-13)15-7-6-10-25(12-15)20(26)18-14(2)23-24-28-18/h3-5,8-9,11,15H,6-7,10,12H2,1-2H3/t15-/m0/s1. The molecular formula is C20H21N5O2S. The summed E-state index contributed by atoms with van der Waals surface area (Å²) in [6.45, 7) is 5.06. The van der Waals surface area contributed by atoms with Crippen LogP contribution in [0, 0.1) is 13.8 Å². The van der Waals surface area contributed by atoms with Gasteiger partial charge in [0.05, 0.1) is 5.69 Å². The van der Waals surface area contributed by atoms with E-state index in [0.29, 0.717) is 23.0 Å². The Morgan fingerprint density at radius 2 is 2.04 bits per heavy atom. The average molecular weight is 395 g/mol. The summed E-state index contributed by atoms with van der Waals surface area (Å²) in [6, 6.07) is 11.4. The molecule has 0 spiro atoms. The highest BCUT2D eigenvalue weighted by Gasteiger charge is 2.29. The first-order chi connectivity index (χ1) is 13.6. The molecule has 0 unspecified atom stereocenters. The Kier molecular flexibility index (Phi) is 5.29. The molecule has 1 aliphatic heterocycles. The zero-order valence-corrected chi connectivity index (χ0v) is 16.6. The average Bonchev–Trinajstić information content (AvgIpc) is 3.14. The summed E-state index contributed by atoms with van der Waals surface area (Å²) in [4.78, 5) is 24.6. The third kappa shape index (κ3) is 4.01. The molecule has 1 fully saturated rings. The van der Waals surface area contributed by atoms with Crippen LogP contribution in [0.1, 0.15) is 45.6 Å². The lowest BCUT2D eigenvalue weighted by Crippen LogP contribution is -2.39. The van der Waals surface area contributed by atoms with Crippen molar-refractivity contribution < 1.29 is 9.53 Å². The maximum Gasteiger partial charge on any atom is 0.267 e. The van der Waals surface area contributed by atoms with Crippen LogP contribution in [0.4, 0.5) is 0 Å². The summed E-state index contributed by atoms with van der Waals surface area (Å²) >= 11 is 1.15. The fourth-order valence-electron chi connectivity index (χ4n) is 3.35. The van der Waals surface area contributed by atoms with Crippen LogP contribution in [0.3, 0.4) is 0 Å². The highest BCUT2D eigenvalue weighted by Crippen LogP contribution is 2.29. The molecule has 3 heterocycles. The number of hydrogen-bond acceptors (Lipinski definition) is 7. The predicted octanol–water partition coefficient (Wildman–Crippen LogP) is 3.76. The quantitative estimate of drug-likeness (QED) is 0.669. The van der Waals surface area contributed by atoms with Crippen LogP contribution in [-0.2, 0) is 0 Å². The van der Waals surface area contributed by atoms with E-state index >= 15 is 0 Å². The number of aryl methyl sites for hydroxylation is 2. The van der Waals surface area contributed by atoms with Crippen molar-refractivity contribution in [3.63, 3.8) is 0 Å². The number of piperidine rings is 1. The first-order valence-electron chi connectivity index (χ1n) is 9.27. The van der Waals surface area contributed by atoms with Gasteiger partial charge in [0, 0.05) is 30.8 Å². The lowest BCUT2D eigenvalue weighted by Gasteiger charge is -2.31. The van der Waals surface area contributed by atoms with Gasteiger partial charge in [0.1, 0.15) is 16.5 Å². The molecule has 0 N–H and O–H groups in total. The molecule has 1 aliphatic rings. The van der Waals surface area contributed by atoms with E-state index in [1.165, 1.54) is 0 Å². The second-order valence-electron chi connectivity index (χ2n) is 6.90. The number of carbonyl (C=O) groups is 1. The Morgan fingerprint density at radius 3 is 2.79 bits per heavy atom. The summed E-state index contributed by atoms with van der Waals surface area (Å²) in [6.07, 6.45) is 1.85. The molecule has 0 radical (unpaired) electrons. The summed E-state index contributed by atoms with van der Waals surface area (Å²) in [5.41, 5.74) is 1.53. The van der Waals surface area contributed by atoms with E-state index in [1.54, 1.807) is 0 Å². The van der Waals surface area contributed by atoms with Crippen LogP contribution >= 0.6 is 11.5 Å². The van der Waals surface area contributed by atoms with Crippen molar-refractivity contribution in [1.82, 2.24) is 24.5 Å². The van der Waals surface area contributed by atoms with Crippen LogP contribution < -0.4 is 4.74 Å². The van der Waals surface area contributed by atoms with E-state index in [2.05, 4.69) is 19.6 Å². The molecule has 28 heavy (non-hydrogen) atoms. The molecule has 0 saturated carbocycles. The van der Waals surface area contributed by atoms with Gasteiger partial charge in [0.25, 0.3) is 5.91 Å². The SMILES string of the molecule is Cc1cc(Oc2ccccc2)nc([C@H]2CCCN(C(=O)c3snnc3C)C2)n1. The van der Waals surface area contributed by atoms with Gasteiger partial charge < -0.3 is 9.64 Å². The third-order valence-corrected chi connectivity index (χ3v) is 5.55. The number of likely N-dealkylation sites (tertiary alicyclic amines) is 1. The van der Waals surface area contributed by atoms with Crippen LogP contribution in [-0.4, -0.2) is 43.5 Å². The van der Waals surface area contributed by atoms with Gasteiger partial charge in [-0.3, -0.25) is 4.79 Å². The lowest BCUT2D eigenvalue weighted by molar-refractivity contribution is 0.0708. The van der Waals surface area contributed by atoms with Crippen molar-refractivity contribution in [3.05, 3.63) is 58.5 Å². The zero-order valence-electron chi connectivity index (χ0n) is 15.8. The topological polar surface area (TPSA) is 81.1 Å². The number of rotatable bonds is 4. The van der Waals surface area contributed by atoms with Crippen LogP contribution in [0.25, 0.3) is 0 Å². The first-order valence-corrected chi connectivity index (χ1v) is 10.0. The second kappa shape index (κ2) is 8.02. The van der Waals surface area contributed by atoms with E-state index in [0.717, 1.165) is 48.2 Å². The maximum absolute atomic E-state index is 12.8. The van der Waals surface area contributed by atoms with Crippen LogP contribution in [0.2, 0.25) is 0 Å². The molecule has 1 aromatic carbocycles. The summed E-state index contributed by atoms with van der Waals surface area (Å²) in [5.74, 6) is 2.06. The van der Waals surface area contributed by atoms with Crippen LogP contribution in [0.15, 0.2) is 36.4 Å². The monoisotopic (exact) mass is 395 g/mol. The van der Waals surface area contributed by atoms with Crippen LogP contribution in [0.5, 0.6) is 11.6 Å². The van der Waals surface area contributed by atoms with Gasteiger partial charge in [-0.05, 0) is 50.4 Å². The van der Waals surface area contributed by atoms with Gasteiger partial charge in [-0.2, -0.15) is 4.98 Å². The Balaban J connectivity index is 1.53. The summed E-state index contributed by atoms with van der Waals surface area (Å²) < 4.78 is 9.77. The minimum Gasteiger partial charge on any atom is -0.439 e. The highest BCUT2D eigenvalue weighted by molar-refractivity contribution is 7.07. The van der Waals surface area contributed by atoms with Gasteiger partial charge in [-0.25, -0.2) is 4.98 Å². The summed E-state index contributed by atoms with van der Waals surface area (Å²) in [5, 5.41) is 3.95. The fraction of sp³-hybridized carbons (Fsp3) is 0.350. The molecule has 1 saturated heterocycles. The number of benzene rings is 1. The number of aromatic nitrogens is 4. The Bertz CT molecular complexity index is 976. The Labute approximate surface area is 167 Å². The van der Waals surface area contributed by atoms with E-state index in [-0.39, 0.29) is 11.8 Å². The molecule has 7 nitrogen and oxygen atoms in total. The maximum atomic E-state index is 12.8. The molecule has 1 amide bonds. The number of hydrogen-bond donors (Lipinski definition) is 0. The molecular weight excluding hydrogens is 374 g/mol. The number of amides is 1. The van der Waals surface area contributed by atoms with Crippen molar-refractivity contribution in [2.75, 3.05) is 13.1 Å². The van der Waals surface area contributed by atoms with Gasteiger partial charge >= 0.3 is 0 Å². The van der Waals surface area contributed by atoms with Crippen molar-refractivity contribution in [2.24, 2.45) is 0 Å². The second-order valence-corrected chi connectivity index (χ2v) is 7.65. The third-order valence-electron chi connectivity index (χ3n) is 4.73. The minimum atomic E-state index is -0.00869. The van der Waals surface area contributed by atoms with Crippen molar-refractivity contribution in [3.8, 4) is 11.6 Å². The largest absolute Gasteiger partial charge is 0.439 e. The zero-order chi connectivity index (χ0) is 19.5. The van der Waals surface area contributed by atoms with Crippen molar-refractivity contribution in [1.29, 1.82) is 0 Å². The molecule has 2 aromatic heterocycles. The molecule has 1 atom stereocenters. The molecule has 0 aliphatic carbocycles. The van der Waals surface area contributed by atoms with Crippen molar-refractivity contribution >= 4 is 17.4 Å². The van der Waals surface area contributed by atoms with E-state index < -0.39 is 0 Å². The number of carbonyl (C=O) groups excluding carboxylic acids is 1. The minimum absolute atomic E-state index is 0.00869. The predicted molar refractivity (Wildman–Crippen MR) is 106 cm³/mol. The summed E-state index contributed by atoms with van der Waals surface area (Å²) in [7, 11) is 0. The first kappa shape index (κ1) is 18.5. The van der Waals surface area contributed by atoms with E-state index in [9.17, 15) is 4.79 Å². The smallest absolute Gasteiger partial charge is 0.267 e. The molecule has 4 rings (SSSR count). The normalized spacial score (nSPS) is 16.8. The van der Waals surface area contributed by atoms with Gasteiger partial charge in [-0.1, -0.05) is 22.7 Å². The lowest BCUT2D eigenvalue weighted by atomic mass is 9.97. The molecule has 3 aromatic rings. The molecule has 8 heteroatoms. The number of ether oxygens (including phenoxy) is 1.